The molecular formula is C14H20N6O. The van der Waals surface area contributed by atoms with Gasteiger partial charge in [-0.2, -0.15) is 5.10 Å². The van der Waals surface area contributed by atoms with Crippen LogP contribution in [0.1, 0.15) is 17.9 Å². The fourth-order valence-corrected chi connectivity index (χ4v) is 2.61. The number of fused-ring (bicyclic) bond motifs is 1. The molecule has 2 aromatic heterocycles. The lowest BCUT2D eigenvalue weighted by molar-refractivity contribution is 0.248. The van der Waals surface area contributed by atoms with Crippen molar-refractivity contribution in [2.45, 2.75) is 26.3 Å². The first-order valence-electron chi connectivity index (χ1n) is 7.17. The lowest BCUT2D eigenvalue weighted by atomic mass is 9.98. The van der Waals surface area contributed by atoms with Crippen molar-refractivity contribution >= 4 is 11.8 Å². The second-order valence-electron chi connectivity index (χ2n) is 5.53. The van der Waals surface area contributed by atoms with Gasteiger partial charge in [-0.1, -0.05) is 0 Å². The van der Waals surface area contributed by atoms with Crippen LogP contribution in [0, 0.1) is 12.8 Å². The number of carbonyl (C=O) groups excluding carboxylic acids is 1. The number of urea groups is 1. The van der Waals surface area contributed by atoms with Gasteiger partial charge in [-0.25, -0.2) is 9.78 Å². The maximum atomic E-state index is 11.9. The summed E-state index contributed by atoms with van der Waals surface area (Å²) in [6.45, 7) is 3.58. The van der Waals surface area contributed by atoms with Gasteiger partial charge < -0.3 is 9.88 Å². The van der Waals surface area contributed by atoms with Gasteiger partial charge in [-0.3, -0.25) is 10.00 Å². The number of hydrogen-bond acceptors (Lipinski definition) is 3. The van der Waals surface area contributed by atoms with Crippen molar-refractivity contribution < 1.29 is 4.79 Å². The number of aryl methyl sites for hydroxylation is 3. The molecule has 0 bridgehead atoms. The standard InChI is InChI=1S/C14H20N6O/c1-10-7-12(18-19(10)2)17-14(21)16-9-11-3-5-20-6-4-15-13(20)8-11/h4,6-7,11H,3,5,8-9H2,1-2H3,(H2,16,17,18,21). The predicted octanol–water partition coefficient (Wildman–Crippen LogP) is 1.31. The highest BCUT2D eigenvalue weighted by Gasteiger charge is 2.19. The van der Waals surface area contributed by atoms with Crippen LogP contribution in [0.2, 0.25) is 0 Å². The fraction of sp³-hybridized carbons (Fsp3) is 0.500. The van der Waals surface area contributed by atoms with Crippen molar-refractivity contribution in [1.29, 1.82) is 0 Å². The summed E-state index contributed by atoms with van der Waals surface area (Å²) in [6.07, 6.45) is 5.82. The largest absolute Gasteiger partial charge is 0.338 e. The third-order valence-corrected chi connectivity index (χ3v) is 3.96. The molecule has 2 amide bonds. The van der Waals surface area contributed by atoms with Crippen LogP contribution < -0.4 is 10.6 Å². The highest BCUT2D eigenvalue weighted by molar-refractivity contribution is 5.88. The van der Waals surface area contributed by atoms with E-state index in [1.807, 2.05) is 32.4 Å². The zero-order valence-electron chi connectivity index (χ0n) is 12.3. The third kappa shape index (κ3) is 3.07. The molecule has 2 N–H and O–H groups in total. The molecule has 0 fully saturated rings. The number of hydrogen-bond donors (Lipinski definition) is 2. The first kappa shape index (κ1) is 13.7. The van der Waals surface area contributed by atoms with Crippen molar-refractivity contribution in [3.05, 3.63) is 30.0 Å². The van der Waals surface area contributed by atoms with E-state index in [9.17, 15) is 4.79 Å². The molecule has 0 saturated carbocycles. The Morgan fingerprint density at radius 3 is 3.14 bits per heavy atom. The summed E-state index contributed by atoms with van der Waals surface area (Å²) < 4.78 is 3.91. The van der Waals surface area contributed by atoms with Crippen LogP contribution in [-0.4, -0.2) is 31.9 Å². The van der Waals surface area contributed by atoms with Gasteiger partial charge in [0.2, 0.25) is 0 Å². The van der Waals surface area contributed by atoms with E-state index < -0.39 is 0 Å². The minimum absolute atomic E-state index is 0.206. The first-order valence-corrected chi connectivity index (χ1v) is 7.17. The molecule has 0 saturated heterocycles. The van der Waals surface area contributed by atoms with Crippen LogP contribution in [0.15, 0.2) is 18.5 Å². The summed E-state index contributed by atoms with van der Waals surface area (Å²) in [4.78, 5) is 16.2. The lowest BCUT2D eigenvalue weighted by Crippen LogP contribution is -2.35. The number of carbonyl (C=O) groups is 1. The van der Waals surface area contributed by atoms with Crippen LogP contribution in [0.3, 0.4) is 0 Å². The summed E-state index contributed by atoms with van der Waals surface area (Å²) in [6, 6.07) is 1.64. The molecule has 0 radical (unpaired) electrons. The quantitative estimate of drug-likeness (QED) is 0.894. The molecule has 3 rings (SSSR count). The van der Waals surface area contributed by atoms with E-state index in [1.54, 1.807) is 4.68 Å². The molecule has 1 aliphatic rings. The molecule has 21 heavy (non-hydrogen) atoms. The predicted molar refractivity (Wildman–Crippen MR) is 79.0 cm³/mol. The highest BCUT2D eigenvalue weighted by atomic mass is 16.2. The summed E-state index contributed by atoms with van der Waals surface area (Å²) in [5.74, 6) is 2.12. The second kappa shape index (κ2) is 5.59. The number of aromatic nitrogens is 4. The Labute approximate surface area is 123 Å². The average molecular weight is 288 g/mol. The zero-order valence-corrected chi connectivity index (χ0v) is 12.3. The Hall–Kier alpha value is -2.31. The van der Waals surface area contributed by atoms with E-state index in [0.29, 0.717) is 18.3 Å². The van der Waals surface area contributed by atoms with Gasteiger partial charge in [-0.15, -0.1) is 0 Å². The molecule has 3 heterocycles. The molecule has 1 aliphatic heterocycles. The van der Waals surface area contributed by atoms with E-state index in [0.717, 1.165) is 30.9 Å². The molecule has 112 valence electrons. The molecule has 7 nitrogen and oxygen atoms in total. The molecular weight excluding hydrogens is 268 g/mol. The number of nitrogens with zero attached hydrogens (tertiary/aromatic N) is 4. The Balaban J connectivity index is 1.48. The van der Waals surface area contributed by atoms with E-state index in [4.69, 9.17) is 0 Å². The van der Waals surface area contributed by atoms with Crippen LogP contribution in [0.4, 0.5) is 10.6 Å². The minimum atomic E-state index is -0.206. The van der Waals surface area contributed by atoms with E-state index >= 15 is 0 Å². The van der Waals surface area contributed by atoms with Crippen LogP contribution in [0.25, 0.3) is 0 Å². The molecule has 7 heteroatoms. The summed E-state index contributed by atoms with van der Waals surface area (Å²) in [5, 5.41) is 9.87. The number of amides is 2. The van der Waals surface area contributed by atoms with Gasteiger partial charge in [0.15, 0.2) is 5.82 Å². The van der Waals surface area contributed by atoms with Crippen molar-refractivity contribution in [3.8, 4) is 0 Å². The van der Waals surface area contributed by atoms with Gasteiger partial charge in [0, 0.05) is 50.7 Å². The van der Waals surface area contributed by atoms with Crippen LogP contribution in [-0.2, 0) is 20.0 Å². The van der Waals surface area contributed by atoms with Gasteiger partial charge in [-0.05, 0) is 19.3 Å². The third-order valence-electron chi connectivity index (χ3n) is 3.96. The Kier molecular flexibility index (Phi) is 3.64. The topological polar surface area (TPSA) is 76.8 Å². The van der Waals surface area contributed by atoms with Gasteiger partial charge >= 0.3 is 6.03 Å². The lowest BCUT2D eigenvalue weighted by Gasteiger charge is -2.23. The number of imidazole rings is 1. The van der Waals surface area contributed by atoms with E-state index in [1.165, 1.54) is 0 Å². The maximum absolute atomic E-state index is 11.9. The summed E-state index contributed by atoms with van der Waals surface area (Å²) in [7, 11) is 1.85. The first-order chi connectivity index (χ1) is 10.1. The van der Waals surface area contributed by atoms with Crippen molar-refractivity contribution in [3.63, 3.8) is 0 Å². The van der Waals surface area contributed by atoms with Crippen molar-refractivity contribution in [2.75, 3.05) is 11.9 Å². The van der Waals surface area contributed by atoms with Gasteiger partial charge in [0.25, 0.3) is 0 Å². The van der Waals surface area contributed by atoms with E-state index in [2.05, 4.69) is 25.3 Å². The molecule has 0 aliphatic carbocycles. The number of rotatable bonds is 3. The number of nitrogens with one attached hydrogen (secondary N) is 2. The molecule has 0 spiro atoms. The smallest absolute Gasteiger partial charge is 0.320 e. The van der Waals surface area contributed by atoms with Crippen molar-refractivity contribution in [2.24, 2.45) is 13.0 Å². The molecule has 1 atom stereocenters. The van der Waals surface area contributed by atoms with Crippen molar-refractivity contribution in [1.82, 2.24) is 24.6 Å². The Bertz CT molecular complexity index is 624. The van der Waals surface area contributed by atoms with Gasteiger partial charge in [0.05, 0.1) is 0 Å². The minimum Gasteiger partial charge on any atom is -0.338 e. The van der Waals surface area contributed by atoms with Crippen LogP contribution in [0.5, 0.6) is 0 Å². The molecule has 2 aromatic rings. The Morgan fingerprint density at radius 1 is 1.52 bits per heavy atom. The zero-order chi connectivity index (χ0) is 14.8. The fourth-order valence-electron chi connectivity index (χ4n) is 2.61. The summed E-state index contributed by atoms with van der Waals surface area (Å²) >= 11 is 0. The number of anilines is 1. The summed E-state index contributed by atoms with van der Waals surface area (Å²) in [5.41, 5.74) is 1.00. The molecule has 0 aromatic carbocycles. The SMILES string of the molecule is Cc1cc(NC(=O)NCC2CCn3ccnc3C2)nn1C. The second-order valence-corrected chi connectivity index (χ2v) is 5.53. The maximum Gasteiger partial charge on any atom is 0.320 e. The highest BCUT2D eigenvalue weighted by Crippen LogP contribution is 2.18. The molecule has 1 unspecified atom stereocenters. The van der Waals surface area contributed by atoms with Gasteiger partial charge in [0.1, 0.15) is 5.82 Å². The van der Waals surface area contributed by atoms with E-state index in [-0.39, 0.29) is 6.03 Å². The monoisotopic (exact) mass is 288 g/mol. The normalized spacial score (nSPS) is 17.3. The average Bonchev–Trinajstić information content (AvgIpc) is 3.03. The van der Waals surface area contributed by atoms with Crippen LogP contribution >= 0.6 is 0 Å². The Morgan fingerprint density at radius 2 is 2.38 bits per heavy atom.